The molecule has 0 spiro atoms. The van der Waals surface area contributed by atoms with Gasteiger partial charge in [0.2, 0.25) is 0 Å². The van der Waals surface area contributed by atoms with Crippen LogP contribution in [0.2, 0.25) is 0 Å². The number of hydrogen-bond donors (Lipinski definition) is 4. The number of pyridine rings is 3. The minimum absolute atomic E-state index is 0.259. The Morgan fingerprint density at radius 2 is 1.95 bits per heavy atom. The molecule has 13 heteroatoms. The number of nitrogens with zero attached hydrogens (tertiary/aromatic N) is 5. The maximum absolute atomic E-state index is 15.5. The van der Waals surface area contributed by atoms with Crippen molar-refractivity contribution < 1.29 is 19.4 Å². The number of aromatic nitrogens is 4. The highest BCUT2D eigenvalue weighted by atomic mass is 32.2. The summed E-state index contributed by atoms with van der Waals surface area (Å²) in [5, 5.41) is 25.8. The van der Waals surface area contributed by atoms with E-state index in [-0.39, 0.29) is 23.7 Å². The van der Waals surface area contributed by atoms with E-state index in [4.69, 9.17) is 0 Å². The number of thiazole rings is 1. The second kappa shape index (κ2) is 13.7. The monoisotopic (exact) mass is 609 g/mol. The van der Waals surface area contributed by atoms with E-state index in [0.717, 1.165) is 15.5 Å². The van der Waals surface area contributed by atoms with E-state index < -0.39 is 23.2 Å². The van der Waals surface area contributed by atoms with Crippen LogP contribution in [0.4, 0.5) is 15.3 Å². The summed E-state index contributed by atoms with van der Waals surface area (Å²) in [6.45, 7) is 3.64. The molecule has 220 valence electrons. The number of anilines is 2. The van der Waals surface area contributed by atoms with Gasteiger partial charge in [0.05, 0.1) is 28.0 Å². The Bertz CT molecular complexity index is 1500. The Labute approximate surface area is 251 Å². The third kappa shape index (κ3) is 7.28. The summed E-state index contributed by atoms with van der Waals surface area (Å²) in [4.78, 5) is 32.9. The molecule has 0 bridgehead atoms. The van der Waals surface area contributed by atoms with Gasteiger partial charge in [-0.1, -0.05) is 29.2 Å². The normalized spacial score (nSPS) is 15.7. The van der Waals surface area contributed by atoms with Gasteiger partial charge in [0.1, 0.15) is 5.82 Å². The van der Waals surface area contributed by atoms with E-state index in [0.29, 0.717) is 43.4 Å². The van der Waals surface area contributed by atoms with Gasteiger partial charge in [-0.3, -0.25) is 9.78 Å². The average molecular weight is 610 g/mol. The van der Waals surface area contributed by atoms with E-state index in [1.807, 2.05) is 37.3 Å². The minimum atomic E-state index is -0.802. The molecular formula is C29H32FN7O3S2. The van der Waals surface area contributed by atoms with Gasteiger partial charge >= 0.3 is 0 Å². The largest absolute Gasteiger partial charge is 0.394 e. The predicted molar refractivity (Wildman–Crippen MR) is 160 cm³/mol. The summed E-state index contributed by atoms with van der Waals surface area (Å²) in [5.74, 6) is -0.615. The van der Waals surface area contributed by atoms with Crippen molar-refractivity contribution in [3.8, 4) is 0 Å². The smallest absolute Gasteiger partial charge is 0.273 e. The van der Waals surface area contributed by atoms with E-state index in [2.05, 4.69) is 35.5 Å². The highest BCUT2D eigenvalue weighted by Gasteiger charge is 2.38. The molecule has 1 atom stereocenters. The van der Waals surface area contributed by atoms with Crippen LogP contribution in [0.15, 0.2) is 70.3 Å². The molecule has 1 aliphatic heterocycles. The highest BCUT2D eigenvalue weighted by Crippen LogP contribution is 2.37. The molecule has 5 rings (SSSR count). The van der Waals surface area contributed by atoms with Gasteiger partial charge in [0.25, 0.3) is 5.91 Å². The molecule has 0 aromatic carbocycles. The molecular weight excluding hydrogens is 577 g/mol. The summed E-state index contributed by atoms with van der Waals surface area (Å²) >= 11 is 2.53. The Morgan fingerprint density at radius 1 is 1.14 bits per heavy atom. The van der Waals surface area contributed by atoms with Crippen molar-refractivity contribution in [2.24, 2.45) is 0 Å². The van der Waals surface area contributed by atoms with Crippen molar-refractivity contribution in [3.05, 3.63) is 84.0 Å². The van der Waals surface area contributed by atoms with Crippen LogP contribution in [0.1, 0.15) is 34.6 Å². The molecule has 4 aromatic heterocycles. The van der Waals surface area contributed by atoms with Crippen molar-refractivity contribution in [2.45, 2.75) is 40.4 Å². The van der Waals surface area contributed by atoms with Gasteiger partial charge in [-0.05, 0) is 68.8 Å². The lowest BCUT2D eigenvalue weighted by molar-refractivity contribution is 0.0426. The van der Waals surface area contributed by atoms with Gasteiger partial charge in [-0.15, -0.1) is 0 Å². The molecule has 1 fully saturated rings. The fourth-order valence-electron chi connectivity index (χ4n) is 4.90. The lowest BCUT2D eigenvalue weighted by atomic mass is 9.75. The molecule has 0 radical (unpaired) electrons. The van der Waals surface area contributed by atoms with Crippen LogP contribution in [-0.4, -0.2) is 79.8 Å². The Hall–Kier alpha value is -3.49. The lowest BCUT2D eigenvalue weighted by Gasteiger charge is -2.42. The molecule has 10 nitrogen and oxygen atoms in total. The summed E-state index contributed by atoms with van der Waals surface area (Å²) < 4.78 is 16.3. The molecule has 5 heterocycles. The maximum Gasteiger partial charge on any atom is 0.273 e. The lowest BCUT2D eigenvalue weighted by Crippen LogP contribution is -2.51. The van der Waals surface area contributed by atoms with Crippen LogP contribution in [-0.2, 0) is 5.41 Å². The third-order valence-corrected chi connectivity index (χ3v) is 9.25. The highest BCUT2D eigenvalue weighted by molar-refractivity contribution is 8.01. The predicted octanol–water partition coefficient (Wildman–Crippen LogP) is 3.79. The van der Waals surface area contributed by atoms with E-state index in [9.17, 15) is 15.0 Å². The van der Waals surface area contributed by atoms with E-state index in [1.54, 1.807) is 18.6 Å². The van der Waals surface area contributed by atoms with E-state index >= 15 is 4.39 Å². The van der Waals surface area contributed by atoms with Crippen LogP contribution in [0, 0.1) is 12.7 Å². The summed E-state index contributed by atoms with van der Waals surface area (Å²) in [6, 6.07) is 11.0. The molecule has 1 aliphatic rings. The standard InChI is InChI=1S/C29H32FN7O3S2/c1-19-5-10-32-23(14-19)36-28-34-15-24(42-28)41-21-6-11-33-26(25(21)30)27(40)35-18-29(22-4-2-3-9-31-22)7-12-37(13-8-29)16-20(39)17-38/h2-6,9-11,14-15,20,38-39H,7-8,12-13,16-18H2,1H3,(H,35,40)(H,32,34,36). The first-order valence-electron chi connectivity index (χ1n) is 13.5. The Morgan fingerprint density at radius 3 is 2.69 bits per heavy atom. The molecule has 1 unspecified atom stereocenters. The van der Waals surface area contributed by atoms with Gasteiger partial charge in [-0.25, -0.2) is 19.3 Å². The fraction of sp³-hybridized carbons (Fsp3) is 0.345. The molecule has 42 heavy (non-hydrogen) atoms. The first kappa shape index (κ1) is 30.0. The second-order valence-electron chi connectivity index (χ2n) is 10.2. The zero-order valence-corrected chi connectivity index (χ0v) is 24.7. The van der Waals surface area contributed by atoms with Crippen molar-refractivity contribution in [1.82, 2.24) is 30.2 Å². The number of aliphatic hydroxyl groups excluding tert-OH is 2. The first-order chi connectivity index (χ1) is 20.3. The number of hydrogen-bond acceptors (Lipinski definition) is 11. The molecule has 1 amide bonds. The fourth-order valence-corrected chi connectivity index (χ4v) is 6.77. The van der Waals surface area contributed by atoms with Crippen molar-refractivity contribution in [1.29, 1.82) is 0 Å². The number of carbonyl (C=O) groups excluding carboxylic acids is 1. The van der Waals surface area contributed by atoms with Crippen molar-refractivity contribution in [2.75, 3.05) is 38.1 Å². The number of carbonyl (C=O) groups is 1. The van der Waals surface area contributed by atoms with Crippen LogP contribution in [0.3, 0.4) is 0 Å². The average Bonchev–Trinajstić information content (AvgIpc) is 3.44. The second-order valence-corrected chi connectivity index (χ2v) is 12.6. The molecule has 4 N–H and O–H groups in total. The molecule has 1 saturated heterocycles. The van der Waals surface area contributed by atoms with E-state index in [1.165, 1.54) is 35.4 Å². The van der Waals surface area contributed by atoms with Crippen LogP contribution < -0.4 is 10.6 Å². The van der Waals surface area contributed by atoms with Crippen LogP contribution in [0.25, 0.3) is 0 Å². The quantitative estimate of drug-likeness (QED) is 0.199. The van der Waals surface area contributed by atoms with Crippen molar-refractivity contribution >= 4 is 40.0 Å². The number of halogens is 1. The number of β-amino-alcohol motifs (C(OH)–C–C–N with tert-alkyl or cyclic N) is 1. The number of aliphatic hydroxyl groups is 2. The third-order valence-electron chi connectivity index (χ3n) is 7.20. The minimum Gasteiger partial charge on any atom is -0.394 e. The van der Waals surface area contributed by atoms with Gasteiger partial charge < -0.3 is 25.7 Å². The van der Waals surface area contributed by atoms with Crippen LogP contribution in [0.5, 0.6) is 0 Å². The zero-order valence-electron chi connectivity index (χ0n) is 23.0. The number of likely N-dealkylation sites (tertiary alicyclic amines) is 1. The maximum atomic E-state index is 15.5. The van der Waals surface area contributed by atoms with Gasteiger partial charge in [0.15, 0.2) is 16.6 Å². The van der Waals surface area contributed by atoms with Gasteiger partial charge in [0, 0.05) is 42.8 Å². The first-order valence-corrected chi connectivity index (χ1v) is 15.2. The molecule has 0 aliphatic carbocycles. The number of nitrogens with one attached hydrogen (secondary N) is 2. The summed E-state index contributed by atoms with van der Waals surface area (Å²) in [5.41, 5.74) is 1.18. The Balaban J connectivity index is 1.26. The van der Waals surface area contributed by atoms with Gasteiger partial charge in [-0.2, -0.15) is 0 Å². The van der Waals surface area contributed by atoms with Crippen molar-refractivity contribution in [3.63, 3.8) is 0 Å². The number of amides is 1. The zero-order chi connectivity index (χ0) is 29.5. The number of piperidine rings is 1. The number of aryl methyl sites for hydroxylation is 1. The molecule has 4 aromatic rings. The topological polar surface area (TPSA) is 136 Å². The summed E-state index contributed by atoms with van der Waals surface area (Å²) in [6.07, 6.45) is 7.06. The Kier molecular flexibility index (Phi) is 9.75. The summed E-state index contributed by atoms with van der Waals surface area (Å²) in [7, 11) is 0. The molecule has 0 saturated carbocycles. The SMILES string of the molecule is Cc1ccnc(Nc2ncc(Sc3ccnc(C(=O)NCC4(c5ccccn5)CCN(CC(O)CO)CC4)c3F)s2)c1. The number of rotatable bonds is 11. The van der Waals surface area contributed by atoms with Crippen LogP contribution >= 0.6 is 23.1 Å².